The first-order chi connectivity index (χ1) is 11.2. The number of rotatable bonds is 4. The predicted molar refractivity (Wildman–Crippen MR) is 84.3 cm³/mol. The van der Waals surface area contributed by atoms with Crippen LogP contribution in [0, 0.1) is 5.92 Å². The minimum atomic E-state index is -0.174. The first-order valence-electron chi connectivity index (χ1n) is 7.74. The van der Waals surface area contributed by atoms with Crippen LogP contribution in [0.3, 0.4) is 0 Å². The molecule has 0 radical (unpaired) electrons. The van der Waals surface area contributed by atoms with Gasteiger partial charge in [0.1, 0.15) is 12.0 Å². The lowest BCUT2D eigenvalue weighted by molar-refractivity contribution is -0.107. The molecule has 23 heavy (non-hydrogen) atoms. The molecule has 0 saturated carbocycles. The first-order valence-corrected chi connectivity index (χ1v) is 7.74. The topological polar surface area (TPSA) is 78.7 Å². The number of nitrogens with zero attached hydrogens (tertiary/aromatic N) is 3. The van der Waals surface area contributed by atoms with E-state index >= 15 is 0 Å². The fraction of sp³-hybridized carbons (Fsp3) is 0.438. The molecule has 0 spiro atoms. The molecule has 4 heterocycles. The average Bonchev–Trinajstić information content (AvgIpc) is 3.28. The SMILES string of the molecule is CN(C=O)c1coc2cnc(C(=O)NC3CN4CC[C@H]3C4)cc12. The maximum atomic E-state index is 12.5. The van der Waals surface area contributed by atoms with Crippen molar-refractivity contribution in [1.82, 2.24) is 15.2 Å². The summed E-state index contributed by atoms with van der Waals surface area (Å²) in [4.78, 5) is 31.4. The molecule has 4 rings (SSSR count). The van der Waals surface area contributed by atoms with Gasteiger partial charge in [0.2, 0.25) is 6.41 Å². The predicted octanol–water partition coefficient (Wildman–Crippen LogP) is 0.854. The molecule has 7 heteroatoms. The largest absolute Gasteiger partial charge is 0.460 e. The minimum absolute atomic E-state index is 0.174. The number of furan rings is 1. The second-order valence-electron chi connectivity index (χ2n) is 6.29. The van der Waals surface area contributed by atoms with Crippen molar-refractivity contribution in [2.24, 2.45) is 5.92 Å². The number of anilines is 1. The normalized spacial score (nSPS) is 25.7. The Balaban J connectivity index is 1.58. The lowest BCUT2D eigenvalue weighted by Crippen LogP contribution is -2.43. The summed E-state index contributed by atoms with van der Waals surface area (Å²) in [5, 5.41) is 3.79. The quantitative estimate of drug-likeness (QED) is 0.847. The van der Waals surface area contributed by atoms with Crippen LogP contribution in [0.5, 0.6) is 0 Å². The molecule has 2 unspecified atom stereocenters. The summed E-state index contributed by atoms with van der Waals surface area (Å²) in [6, 6.07) is 1.88. The van der Waals surface area contributed by atoms with Crippen LogP contribution in [0.1, 0.15) is 16.9 Å². The molecule has 0 aliphatic carbocycles. The van der Waals surface area contributed by atoms with Crippen molar-refractivity contribution in [3.63, 3.8) is 0 Å². The summed E-state index contributed by atoms with van der Waals surface area (Å²) in [5.74, 6) is 0.375. The highest BCUT2D eigenvalue weighted by Gasteiger charge is 2.38. The first kappa shape index (κ1) is 14.2. The van der Waals surface area contributed by atoms with Crippen LogP contribution in [0.25, 0.3) is 11.0 Å². The molecule has 120 valence electrons. The summed E-state index contributed by atoms with van der Waals surface area (Å²) >= 11 is 0. The van der Waals surface area contributed by atoms with E-state index in [2.05, 4.69) is 15.2 Å². The van der Waals surface area contributed by atoms with Crippen LogP contribution in [-0.4, -0.2) is 54.9 Å². The van der Waals surface area contributed by atoms with E-state index in [9.17, 15) is 9.59 Å². The zero-order valence-corrected chi connectivity index (χ0v) is 12.9. The molecular formula is C16H18N4O3. The fourth-order valence-corrected chi connectivity index (χ4v) is 3.56. The fourth-order valence-electron chi connectivity index (χ4n) is 3.56. The summed E-state index contributed by atoms with van der Waals surface area (Å²) in [6.45, 7) is 3.13. The van der Waals surface area contributed by atoms with Gasteiger partial charge < -0.3 is 19.5 Å². The smallest absolute Gasteiger partial charge is 0.270 e. The minimum Gasteiger partial charge on any atom is -0.460 e. The molecular weight excluding hydrogens is 296 g/mol. The molecule has 2 aromatic rings. The Kier molecular flexibility index (Phi) is 3.30. The van der Waals surface area contributed by atoms with Gasteiger partial charge in [-0.25, -0.2) is 4.98 Å². The second kappa shape index (κ2) is 5.34. The van der Waals surface area contributed by atoms with Crippen molar-refractivity contribution < 1.29 is 14.0 Å². The molecule has 2 aliphatic heterocycles. The molecule has 2 amide bonds. The molecule has 1 N–H and O–H groups in total. The third-order valence-corrected chi connectivity index (χ3v) is 4.86. The Morgan fingerprint density at radius 1 is 1.52 bits per heavy atom. The molecule has 3 atom stereocenters. The number of fused-ring (bicyclic) bond motifs is 3. The summed E-state index contributed by atoms with van der Waals surface area (Å²) < 4.78 is 5.38. The molecule has 2 aliphatic rings. The Bertz CT molecular complexity index is 772. The van der Waals surface area contributed by atoms with Gasteiger partial charge in [-0.1, -0.05) is 0 Å². The van der Waals surface area contributed by atoms with Crippen LogP contribution in [0.4, 0.5) is 5.69 Å². The van der Waals surface area contributed by atoms with Gasteiger partial charge in [0.05, 0.1) is 11.9 Å². The number of pyridine rings is 1. The van der Waals surface area contributed by atoms with Crippen molar-refractivity contribution in [2.45, 2.75) is 12.5 Å². The number of amides is 2. The molecule has 7 nitrogen and oxygen atoms in total. The third-order valence-electron chi connectivity index (χ3n) is 4.86. The monoisotopic (exact) mass is 314 g/mol. The summed E-state index contributed by atoms with van der Waals surface area (Å²) in [6.07, 6.45) is 4.87. The Morgan fingerprint density at radius 2 is 2.39 bits per heavy atom. The highest BCUT2D eigenvalue weighted by molar-refractivity contribution is 6.01. The molecule has 2 saturated heterocycles. The van der Waals surface area contributed by atoms with Crippen LogP contribution in [0.2, 0.25) is 0 Å². The van der Waals surface area contributed by atoms with Gasteiger partial charge in [0.15, 0.2) is 5.58 Å². The Morgan fingerprint density at radius 3 is 3.09 bits per heavy atom. The van der Waals surface area contributed by atoms with Gasteiger partial charge in [-0.05, 0) is 24.9 Å². The Hall–Kier alpha value is -2.41. The number of aromatic nitrogens is 1. The number of piperidine rings is 1. The van der Waals surface area contributed by atoms with E-state index in [4.69, 9.17) is 4.42 Å². The van der Waals surface area contributed by atoms with Crippen molar-refractivity contribution in [2.75, 3.05) is 31.6 Å². The molecule has 0 aromatic carbocycles. The summed E-state index contributed by atoms with van der Waals surface area (Å²) in [7, 11) is 1.64. The van der Waals surface area contributed by atoms with E-state index in [1.165, 1.54) is 17.4 Å². The van der Waals surface area contributed by atoms with Crippen molar-refractivity contribution in [3.05, 3.63) is 24.2 Å². The van der Waals surface area contributed by atoms with Gasteiger partial charge >= 0.3 is 0 Å². The van der Waals surface area contributed by atoms with Gasteiger partial charge in [-0.2, -0.15) is 0 Å². The third kappa shape index (κ3) is 2.37. The van der Waals surface area contributed by atoms with Crippen molar-refractivity contribution in [1.29, 1.82) is 0 Å². The van der Waals surface area contributed by atoms with E-state index in [0.717, 1.165) is 26.1 Å². The number of carbonyl (C=O) groups is 2. The van der Waals surface area contributed by atoms with E-state index in [1.54, 1.807) is 13.1 Å². The van der Waals surface area contributed by atoms with Crippen LogP contribution < -0.4 is 10.2 Å². The van der Waals surface area contributed by atoms with Crippen molar-refractivity contribution >= 4 is 29.0 Å². The van der Waals surface area contributed by atoms with E-state index in [1.807, 2.05) is 0 Å². The van der Waals surface area contributed by atoms with Gasteiger partial charge in [-0.3, -0.25) is 9.59 Å². The zero-order chi connectivity index (χ0) is 16.0. The van der Waals surface area contributed by atoms with Gasteiger partial charge in [0.25, 0.3) is 5.91 Å². The number of nitrogens with one attached hydrogen (secondary N) is 1. The maximum Gasteiger partial charge on any atom is 0.270 e. The molecule has 2 aromatic heterocycles. The van der Waals surface area contributed by atoms with E-state index in [-0.39, 0.29) is 11.9 Å². The second-order valence-corrected chi connectivity index (χ2v) is 6.29. The lowest BCUT2D eigenvalue weighted by Gasteiger charge is -2.22. The average molecular weight is 314 g/mol. The van der Waals surface area contributed by atoms with E-state index in [0.29, 0.717) is 34.7 Å². The molecule has 2 bridgehead atoms. The summed E-state index contributed by atoms with van der Waals surface area (Å²) in [5.41, 5.74) is 1.52. The van der Waals surface area contributed by atoms with Crippen molar-refractivity contribution in [3.8, 4) is 0 Å². The maximum absolute atomic E-state index is 12.5. The Labute approximate surface area is 133 Å². The van der Waals surface area contributed by atoms with E-state index < -0.39 is 0 Å². The molecule has 2 fully saturated rings. The number of hydrogen-bond donors (Lipinski definition) is 1. The number of hydrogen-bond acceptors (Lipinski definition) is 5. The van der Waals surface area contributed by atoms with Crippen LogP contribution >= 0.6 is 0 Å². The number of carbonyl (C=O) groups excluding carboxylic acids is 2. The van der Waals surface area contributed by atoms with Crippen LogP contribution in [0.15, 0.2) is 22.9 Å². The lowest BCUT2D eigenvalue weighted by atomic mass is 10.00. The van der Waals surface area contributed by atoms with Crippen LogP contribution in [-0.2, 0) is 4.79 Å². The van der Waals surface area contributed by atoms with Gasteiger partial charge in [-0.15, -0.1) is 0 Å². The zero-order valence-electron chi connectivity index (χ0n) is 12.9. The highest BCUT2D eigenvalue weighted by Crippen LogP contribution is 2.29. The van der Waals surface area contributed by atoms with Gasteiger partial charge in [0, 0.05) is 31.6 Å². The standard InChI is InChI=1S/C16H18N4O3/c1-19(9-21)14-8-23-15-5-17-12(4-11(14)15)16(22)18-13-7-20-3-2-10(13)6-20/h4-5,8-10,13H,2-3,6-7H2,1H3,(H,18,22)/t10-,13?/m0/s1. The highest BCUT2D eigenvalue weighted by atomic mass is 16.3.